The summed E-state index contributed by atoms with van der Waals surface area (Å²) in [4.78, 5) is 38.5. The molecule has 0 amide bonds. The molecule has 2 aromatic heterocycles. The molecular weight excluding hydrogens is 348 g/mol. The second-order valence-electron chi connectivity index (χ2n) is 5.38. The zero-order valence-corrected chi connectivity index (χ0v) is 14.7. The maximum Gasteiger partial charge on any atom is 0.328 e. The topological polar surface area (TPSA) is 124 Å². The molecular formula is C14H16N6O4S. The number of aromatic amines is 1. The van der Waals surface area contributed by atoms with E-state index in [0.717, 1.165) is 4.57 Å². The first-order chi connectivity index (χ1) is 11.9. The highest BCUT2D eigenvalue weighted by Crippen LogP contribution is 2.28. The largest absolute Gasteiger partial charge is 0.465 e. The lowest BCUT2D eigenvalue weighted by Gasteiger charge is -2.19. The fourth-order valence-electron chi connectivity index (χ4n) is 2.33. The van der Waals surface area contributed by atoms with Gasteiger partial charge in [0.1, 0.15) is 5.25 Å². The van der Waals surface area contributed by atoms with Crippen molar-refractivity contribution in [3.05, 3.63) is 38.4 Å². The van der Waals surface area contributed by atoms with E-state index in [-0.39, 0.29) is 13.2 Å². The third-order valence-corrected chi connectivity index (χ3v) is 4.73. The number of fused-ring (bicyclic) bond motifs is 1. The summed E-state index contributed by atoms with van der Waals surface area (Å²) in [5.41, 5.74) is 0.0430. The van der Waals surface area contributed by atoms with Crippen LogP contribution in [0.3, 0.4) is 0 Å². The molecule has 0 bridgehead atoms. The number of hydrogen-bond acceptors (Lipinski definition) is 8. The first-order valence-electron chi connectivity index (χ1n) is 7.54. The zero-order chi connectivity index (χ0) is 18.1. The van der Waals surface area contributed by atoms with Crippen molar-refractivity contribution in [2.75, 3.05) is 6.61 Å². The summed E-state index contributed by atoms with van der Waals surface area (Å²) in [5.74, 6) is -0.0728. The van der Waals surface area contributed by atoms with Crippen LogP contribution >= 0.6 is 11.8 Å². The molecule has 1 N–H and O–H groups in total. The molecule has 11 heteroatoms. The predicted molar refractivity (Wildman–Crippen MR) is 90.0 cm³/mol. The third-order valence-electron chi connectivity index (χ3n) is 3.49. The molecule has 1 atom stereocenters. The van der Waals surface area contributed by atoms with E-state index in [9.17, 15) is 14.4 Å². The fraction of sp³-hybridized carbons (Fsp3) is 0.429. The van der Waals surface area contributed by atoms with Crippen LogP contribution in [0.25, 0.3) is 0 Å². The van der Waals surface area contributed by atoms with Crippen molar-refractivity contribution >= 4 is 23.4 Å². The first kappa shape index (κ1) is 17.1. The average molecular weight is 364 g/mol. The van der Waals surface area contributed by atoms with Gasteiger partial charge >= 0.3 is 11.7 Å². The summed E-state index contributed by atoms with van der Waals surface area (Å²) in [5, 5.41) is 12.1. The quantitative estimate of drug-likeness (QED) is 0.742. The van der Waals surface area contributed by atoms with Crippen LogP contribution in [-0.2, 0) is 16.1 Å². The number of ether oxygens (including phenoxy) is 1. The van der Waals surface area contributed by atoms with Gasteiger partial charge in [-0.25, -0.2) is 4.79 Å². The number of nitrogens with zero attached hydrogens (tertiary/aromatic N) is 5. The Morgan fingerprint density at radius 2 is 2.12 bits per heavy atom. The number of esters is 1. The zero-order valence-electron chi connectivity index (χ0n) is 13.8. The van der Waals surface area contributed by atoms with Crippen LogP contribution in [0, 0.1) is 6.92 Å². The van der Waals surface area contributed by atoms with Crippen LogP contribution in [0.2, 0.25) is 0 Å². The molecule has 0 fully saturated rings. The molecule has 0 radical (unpaired) electrons. The van der Waals surface area contributed by atoms with E-state index < -0.39 is 22.5 Å². The van der Waals surface area contributed by atoms with Crippen LogP contribution < -0.4 is 11.2 Å². The van der Waals surface area contributed by atoms with E-state index in [1.165, 1.54) is 22.5 Å². The summed E-state index contributed by atoms with van der Waals surface area (Å²) in [6.07, 6.45) is 0. The second kappa shape index (κ2) is 6.67. The van der Waals surface area contributed by atoms with Gasteiger partial charge in [0.15, 0.2) is 5.82 Å². The van der Waals surface area contributed by atoms with Gasteiger partial charge in [0.25, 0.3) is 5.56 Å². The highest BCUT2D eigenvalue weighted by atomic mass is 32.2. The van der Waals surface area contributed by atoms with E-state index in [2.05, 4.69) is 20.3 Å². The Bertz CT molecular complexity index is 941. The predicted octanol–water partition coefficient (Wildman–Crippen LogP) is -0.254. The summed E-state index contributed by atoms with van der Waals surface area (Å²) in [6.45, 7) is 5.26. The molecule has 1 unspecified atom stereocenters. The number of rotatable bonds is 4. The van der Waals surface area contributed by atoms with Gasteiger partial charge < -0.3 is 9.72 Å². The van der Waals surface area contributed by atoms with E-state index in [1.54, 1.807) is 20.8 Å². The molecule has 0 spiro atoms. The van der Waals surface area contributed by atoms with Gasteiger partial charge in [-0.3, -0.25) is 14.2 Å². The SMILES string of the molecule is CCOC(=O)C1Sc2nnc(Cn3c(=O)cc(C)[nH]c3=O)n2N=C1C. The van der Waals surface area contributed by atoms with Gasteiger partial charge in [0.2, 0.25) is 5.16 Å². The van der Waals surface area contributed by atoms with Crippen LogP contribution in [0.15, 0.2) is 25.9 Å². The molecule has 0 aliphatic carbocycles. The number of thioether (sulfide) groups is 1. The molecule has 3 rings (SSSR count). The Labute approximate surface area is 145 Å². The molecule has 2 aromatic rings. The minimum absolute atomic E-state index is 0.0805. The Balaban J connectivity index is 1.93. The number of aryl methyl sites for hydroxylation is 1. The van der Waals surface area contributed by atoms with E-state index in [4.69, 9.17) is 4.74 Å². The molecule has 25 heavy (non-hydrogen) atoms. The van der Waals surface area contributed by atoms with Gasteiger partial charge in [0.05, 0.1) is 18.9 Å². The maximum atomic E-state index is 12.0. The van der Waals surface area contributed by atoms with Crippen molar-refractivity contribution in [2.45, 2.75) is 37.7 Å². The Kier molecular flexibility index (Phi) is 4.57. The van der Waals surface area contributed by atoms with Crippen molar-refractivity contribution in [3.8, 4) is 0 Å². The first-order valence-corrected chi connectivity index (χ1v) is 8.42. The lowest BCUT2D eigenvalue weighted by Crippen LogP contribution is -2.36. The number of H-pyrrole nitrogens is 1. The van der Waals surface area contributed by atoms with Crippen molar-refractivity contribution in [2.24, 2.45) is 5.10 Å². The number of carbonyl (C=O) groups excluding carboxylic acids is 1. The average Bonchev–Trinajstić information content (AvgIpc) is 2.92. The van der Waals surface area contributed by atoms with Gasteiger partial charge in [0, 0.05) is 11.8 Å². The van der Waals surface area contributed by atoms with Crippen LogP contribution in [0.1, 0.15) is 25.4 Å². The van der Waals surface area contributed by atoms with Crippen LogP contribution in [-0.4, -0.2) is 48.0 Å². The van der Waals surface area contributed by atoms with Crippen LogP contribution in [0.5, 0.6) is 0 Å². The highest BCUT2D eigenvalue weighted by Gasteiger charge is 2.32. The molecule has 0 aromatic carbocycles. The van der Waals surface area contributed by atoms with Gasteiger partial charge in [-0.15, -0.1) is 10.2 Å². The van der Waals surface area contributed by atoms with Crippen molar-refractivity contribution in [1.82, 2.24) is 24.4 Å². The van der Waals surface area contributed by atoms with E-state index in [0.29, 0.717) is 22.4 Å². The van der Waals surface area contributed by atoms with Crippen molar-refractivity contribution in [1.29, 1.82) is 0 Å². The molecule has 10 nitrogen and oxygen atoms in total. The van der Waals surface area contributed by atoms with Crippen LogP contribution in [0.4, 0.5) is 0 Å². The van der Waals surface area contributed by atoms with Crippen molar-refractivity contribution < 1.29 is 9.53 Å². The minimum atomic E-state index is -0.588. The number of aromatic nitrogens is 5. The monoisotopic (exact) mass is 364 g/mol. The summed E-state index contributed by atoms with van der Waals surface area (Å²) < 4.78 is 7.47. The summed E-state index contributed by atoms with van der Waals surface area (Å²) in [7, 11) is 0. The molecule has 0 saturated heterocycles. The maximum absolute atomic E-state index is 12.0. The standard InChI is InChI=1S/C14H16N6O4S/c1-4-24-12(22)11-8(3)18-20-9(16-17-14(20)25-11)6-19-10(21)5-7(2)15-13(19)23/h5,11H,4,6H2,1-3H3,(H,15,23). The lowest BCUT2D eigenvalue weighted by molar-refractivity contribution is -0.141. The smallest absolute Gasteiger partial charge is 0.328 e. The Hall–Kier alpha value is -2.69. The normalized spacial score (nSPS) is 16.3. The summed E-state index contributed by atoms with van der Waals surface area (Å²) in [6, 6.07) is 1.33. The Morgan fingerprint density at radius 3 is 2.80 bits per heavy atom. The molecule has 3 heterocycles. The Morgan fingerprint density at radius 1 is 1.36 bits per heavy atom. The molecule has 1 aliphatic rings. The van der Waals surface area contributed by atoms with E-state index >= 15 is 0 Å². The molecule has 0 saturated carbocycles. The van der Waals surface area contributed by atoms with Gasteiger partial charge in [-0.05, 0) is 20.8 Å². The third kappa shape index (κ3) is 3.27. The fourth-order valence-corrected chi connectivity index (χ4v) is 3.26. The van der Waals surface area contributed by atoms with E-state index in [1.807, 2.05) is 0 Å². The van der Waals surface area contributed by atoms with Crippen molar-refractivity contribution in [3.63, 3.8) is 0 Å². The number of hydrogen-bond donors (Lipinski definition) is 1. The second-order valence-corrected chi connectivity index (χ2v) is 6.46. The summed E-state index contributed by atoms with van der Waals surface area (Å²) >= 11 is 1.17. The number of nitrogens with one attached hydrogen (secondary N) is 1. The highest BCUT2D eigenvalue weighted by molar-refractivity contribution is 8.01. The number of carbonyl (C=O) groups is 1. The molecule has 132 valence electrons. The van der Waals surface area contributed by atoms with Gasteiger partial charge in [-0.1, -0.05) is 11.8 Å². The molecule has 1 aliphatic heterocycles. The minimum Gasteiger partial charge on any atom is -0.465 e. The van der Waals surface area contributed by atoms with Gasteiger partial charge in [-0.2, -0.15) is 9.78 Å². The lowest BCUT2D eigenvalue weighted by atomic mass is 10.3.